The van der Waals surface area contributed by atoms with Gasteiger partial charge in [-0.05, 0) is 43.5 Å². The molecule has 2 saturated heterocycles. The molecule has 7 nitrogen and oxygen atoms in total. The summed E-state index contributed by atoms with van der Waals surface area (Å²) in [7, 11) is 1.53. The van der Waals surface area contributed by atoms with E-state index >= 15 is 0 Å². The Balaban J connectivity index is 1.50. The van der Waals surface area contributed by atoms with Gasteiger partial charge in [0.2, 0.25) is 5.91 Å². The Labute approximate surface area is 160 Å². The van der Waals surface area contributed by atoms with Crippen molar-refractivity contribution in [2.75, 3.05) is 46.4 Å². The SMILES string of the molecule is CNC(=O)Oc1ccc(C2CCC(=O)N2CCCCN2CCOCC2)cc1. The van der Waals surface area contributed by atoms with Gasteiger partial charge in [0, 0.05) is 33.1 Å². The number of likely N-dealkylation sites (tertiary alicyclic amines) is 1. The van der Waals surface area contributed by atoms with E-state index in [0.717, 1.165) is 64.2 Å². The number of amides is 2. The smallest absolute Gasteiger partial charge is 0.410 e. The molecule has 2 aliphatic rings. The standard InChI is InChI=1S/C20H29N3O4/c1-21-20(25)27-17-6-4-16(5-7-17)18-8-9-19(24)23(18)11-3-2-10-22-12-14-26-15-13-22/h4-7,18H,2-3,8-15H2,1H3,(H,21,25). The molecule has 1 aromatic carbocycles. The van der Waals surface area contributed by atoms with Crippen molar-refractivity contribution >= 4 is 12.0 Å². The van der Waals surface area contributed by atoms with Crippen LogP contribution in [0.25, 0.3) is 0 Å². The van der Waals surface area contributed by atoms with Gasteiger partial charge in [-0.15, -0.1) is 0 Å². The number of morpholine rings is 1. The van der Waals surface area contributed by atoms with Crippen molar-refractivity contribution in [1.82, 2.24) is 15.1 Å². The van der Waals surface area contributed by atoms with Crippen LogP contribution < -0.4 is 10.1 Å². The minimum absolute atomic E-state index is 0.120. The van der Waals surface area contributed by atoms with Gasteiger partial charge in [-0.3, -0.25) is 9.69 Å². The molecule has 2 heterocycles. The number of rotatable bonds is 7. The molecular weight excluding hydrogens is 346 g/mol. The van der Waals surface area contributed by atoms with E-state index in [1.165, 1.54) is 7.05 Å². The van der Waals surface area contributed by atoms with Gasteiger partial charge in [-0.2, -0.15) is 0 Å². The van der Waals surface area contributed by atoms with E-state index in [9.17, 15) is 9.59 Å². The molecule has 148 valence electrons. The molecule has 0 spiro atoms. The number of hydrogen-bond acceptors (Lipinski definition) is 5. The molecule has 0 bridgehead atoms. The lowest BCUT2D eigenvalue weighted by atomic mass is 10.0. The first kappa shape index (κ1) is 19.6. The summed E-state index contributed by atoms with van der Waals surface area (Å²) < 4.78 is 10.5. The van der Waals surface area contributed by atoms with Gasteiger partial charge in [-0.25, -0.2) is 4.79 Å². The van der Waals surface area contributed by atoms with Crippen molar-refractivity contribution in [2.45, 2.75) is 31.7 Å². The molecule has 3 rings (SSSR count). The molecule has 0 saturated carbocycles. The topological polar surface area (TPSA) is 71.1 Å². The Kier molecular flexibility index (Phi) is 7.06. The van der Waals surface area contributed by atoms with Gasteiger partial charge < -0.3 is 19.7 Å². The lowest BCUT2D eigenvalue weighted by molar-refractivity contribution is -0.129. The van der Waals surface area contributed by atoms with Gasteiger partial charge in [-0.1, -0.05) is 12.1 Å². The molecule has 2 fully saturated rings. The normalized spacial score (nSPS) is 20.7. The van der Waals surface area contributed by atoms with Crippen molar-refractivity contribution < 1.29 is 19.1 Å². The van der Waals surface area contributed by atoms with Gasteiger partial charge in [0.1, 0.15) is 5.75 Å². The first-order chi connectivity index (χ1) is 13.2. The first-order valence-corrected chi connectivity index (χ1v) is 9.76. The van der Waals surface area contributed by atoms with Crippen LogP contribution in [0.2, 0.25) is 0 Å². The van der Waals surface area contributed by atoms with E-state index in [1.54, 1.807) is 12.1 Å². The molecule has 1 unspecified atom stereocenters. The first-order valence-electron chi connectivity index (χ1n) is 9.76. The average molecular weight is 375 g/mol. The van der Waals surface area contributed by atoms with Crippen molar-refractivity contribution in [1.29, 1.82) is 0 Å². The fourth-order valence-corrected chi connectivity index (χ4v) is 3.72. The predicted molar refractivity (Wildman–Crippen MR) is 102 cm³/mol. The molecule has 0 radical (unpaired) electrons. The molecule has 7 heteroatoms. The molecule has 1 N–H and O–H groups in total. The zero-order valence-corrected chi connectivity index (χ0v) is 16.0. The van der Waals surface area contributed by atoms with Gasteiger partial charge in [0.15, 0.2) is 0 Å². The number of ether oxygens (including phenoxy) is 2. The number of nitrogens with zero attached hydrogens (tertiary/aromatic N) is 2. The zero-order valence-electron chi connectivity index (χ0n) is 16.0. The minimum atomic E-state index is -0.485. The van der Waals surface area contributed by atoms with E-state index in [1.807, 2.05) is 17.0 Å². The van der Waals surface area contributed by atoms with Crippen LogP contribution in [0.1, 0.15) is 37.3 Å². The van der Waals surface area contributed by atoms with E-state index in [2.05, 4.69) is 10.2 Å². The Morgan fingerprint density at radius 2 is 1.89 bits per heavy atom. The zero-order chi connectivity index (χ0) is 19.1. The second-order valence-corrected chi connectivity index (χ2v) is 7.01. The van der Waals surface area contributed by atoms with Crippen LogP contribution >= 0.6 is 0 Å². The van der Waals surface area contributed by atoms with E-state index in [-0.39, 0.29) is 11.9 Å². The molecule has 0 aliphatic carbocycles. The molecule has 1 atom stereocenters. The second-order valence-electron chi connectivity index (χ2n) is 7.01. The molecule has 0 aromatic heterocycles. The summed E-state index contributed by atoms with van der Waals surface area (Å²) in [5.41, 5.74) is 1.10. The predicted octanol–water partition coefficient (Wildman–Crippen LogP) is 2.18. The number of carbonyl (C=O) groups is 2. The highest BCUT2D eigenvalue weighted by atomic mass is 16.5. The molecule has 2 amide bonds. The van der Waals surface area contributed by atoms with Crippen LogP contribution in [0.5, 0.6) is 5.75 Å². The fraction of sp³-hybridized carbons (Fsp3) is 0.600. The Morgan fingerprint density at radius 1 is 1.19 bits per heavy atom. The van der Waals surface area contributed by atoms with Crippen molar-refractivity contribution in [2.24, 2.45) is 0 Å². The average Bonchev–Trinajstić information content (AvgIpc) is 3.07. The van der Waals surface area contributed by atoms with Crippen molar-refractivity contribution in [3.8, 4) is 5.75 Å². The van der Waals surface area contributed by atoms with Crippen molar-refractivity contribution in [3.05, 3.63) is 29.8 Å². The Bertz CT molecular complexity index is 629. The third-order valence-corrected chi connectivity index (χ3v) is 5.23. The second kappa shape index (κ2) is 9.71. The van der Waals surface area contributed by atoms with Gasteiger partial charge in [0.05, 0.1) is 19.3 Å². The lowest BCUT2D eigenvalue weighted by Gasteiger charge is -2.28. The highest BCUT2D eigenvalue weighted by Gasteiger charge is 2.31. The highest BCUT2D eigenvalue weighted by molar-refractivity contribution is 5.79. The third kappa shape index (κ3) is 5.43. The number of benzene rings is 1. The van der Waals surface area contributed by atoms with Crippen LogP contribution in [-0.2, 0) is 9.53 Å². The number of hydrogen-bond donors (Lipinski definition) is 1. The summed E-state index contributed by atoms with van der Waals surface area (Å²) in [4.78, 5) is 28.0. The summed E-state index contributed by atoms with van der Waals surface area (Å²) >= 11 is 0. The maximum Gasteiger partial charge on any atom is 0.412 e. The van der Waals surface area contributed by atoms with Crippen LogP contribution in [0, 0.1) is 0 Å². The monoisotopic (exact) mass is 375 g/mol. The van der Waals surface area contributed by atoms with Crippen LogP contribution in [0.15, 0.2) is 24.3 Å². The van der Waals surface area contributed by atoms with Crippen LogP contribution in [0.3, 0.4) is 0 Å². The molecule has 2 aliphatic heterocycles. The van der Waals surface area contributed by atoms with Crippen molar-refractivity contribution in [3.63, 3.8) is 0 Å². The summed E-state index contributed by atoms with van der Waals surface area (Å²) in [5, 5.41) is 2.42. The largest absolute Gasteiger partial charge is 0.412 e. The van der Waals surface area contributed by atoms with Gasteiger partial charge >= 0.3 is 6.09 Å². The summed E-state index contributed by atoms with van der Waals surface area (Å²) in [5.74, 6) is 0.733. The van der Waals surface area contributed by atoms with E-state index in [0.29, 0.717) is 12.2 Å². The summed E-state index contributed by atoms with van der Waals surface area (Å²) in [6.07, 6.45) is 3.07. The van der Waals surface area contributed by atoms with Gasteiger partial charge in [0.25, 0.3) is 0 Å². The number of nitrogens with one attached hydrogen (secondary N) is 1. The maximum atomic E-state index is 12.3. The quantitative estimate of drug-likeness (QED) is 0.740. The summed E-state index contributed by atoms with van der Waals surface area (Å²) in [6.45, 7) is 5.54. The number of unbranched alkanes of at least 4 members (excludes halogenated alkanes) is 1. The highest BCUT2D eigenvalue weighted by Crippen LogP contribution is 2.33. The number of carbonyl (C=O) groups excluding carboxylic acids is 2. The molecular formula is C20H29N3O4. The minimum Gasteiger partial charge on any atom is -0.410 e. The molecule has 1 aromatic rings. The van der Waals surface area contributed by atoms with Crippen LogP contribution in [-0.4, -0.2) is 68.2 Å². The Morgan fingerprint density at radius 3 is 2.59 bits per heavy atom. The van der Waals surface area contributed by atoms with Crippen LogP contribution in [0.4, 0.5) is 4.79 Å². The molecule has 27 heavy (non-hydrogen) atoms. The van der Waals surface area contributed by atoms with E-state index < -0.39 is 6.09 Å². The third-order valence-electron chi connectivity index (χ3n) is 5.23. The summed E-state index contributed by atoms with van der Waals surface area (Å²) in [6, 6.07) is 7.58. The lowest BCUT2D eigenvalue weighted by Crippen LogP contribution is -2.37. The maximum absolute atomic E-state index is 12.3. The van der Waals surface area contributed by atoms with E-state index in [4.69, 9.17) is 9.47 Å². The Hall–Kier alpha value is -2.12. The fourth-order valence-electron chi connectivity index (χ4n) is 3.72.